The van der Waals surface area contributed by atoms with Gasteiger partial charge < -0.3 is 19.5 Å². The molecule has 4 aromatic rings. The first-order valence-electron chi connectivity index (χ1n) is 9.52. The fourth-order valence-electron chi connectivity index (χ4n) is 3.12. The molecule has 0 atom stereocenters. The average Bonchev–Trinajstić information content (AvgIpc) is 3.27. The van der Waals surface area contributed by atoms with E-state index >= 15 is 0 Å². The first kappa shape index (κ1) is 19.7. The molecule has 30 heavy (non-hydrogen) atoms. The van der Waals surface area contributed by atoms with Gasteiger partial charge in [-0.1, -0.05) is 29.4 Å². The lowest BCUT2D eigenvalue weighted by Crippen LogP contribution is -2.20. The molecule has 8 heteroatoms. The third-order valence-corrected chi connectivity index (χ3v) is 4.65. The van der Waals surface area contributed by atoms with E-state index in [1.807, 2.05) is 37.4 Å². The number of nitrogens with one attached hydrogen (secondary N) is 1. The second kappa shape index (κ2) is 8.81. The Morgan fingerprint density at radius 1 is 1.03 bits per heavy atom. The Balaban J connectivity index is 1.62. The molecule has 0 amide bonds. The summed E-state index contributed by atoms with van der Waals surface area (Å²) in [6.45, 7) is 0.905. The lowest BCUT2D eigenvalue weighted by molar-refractivity contribution is 0.274. The van der Waals surface area contributed by atoms with E-state index in [-0.39, 0.29) is 18.7 Å². The molecule has 0 saturated carbocycles. The van der Waals surface area contributed by atoms with Gasteiger partial charge >= 0.3 is 0 Å². The Morgan fingerprint density at radius 3 is 2.57 bits per heavy atom. The van der Waals surface area contributed by atoms with Crippen LogP contribution in [0.4, 0.5) is 0 Å². The van der Waals surface area contributed by atoms with Gasteiger partial charge in [-0.25, -0.2) is 4.98 Å². The first-order valence-corrected chi connectivity index (χ1v) is 9.52. The number of rotatable bonds is 7. The highest BCUT2D eigenvalue weighted by Crippen LogP contribution is 2.26. The molecular formula is C22H21N5O3. The van der Waals surface area contributed by atoms with Gasteiger partial charge in [0.15, 0.2) is 5.76 Å². The quantitative estimate of drug-likeness (QED) is 0.488. The molecule has 152 valence electrons. The SMILES string of the molecule is CNCc1ccc(-c2cc(-c3cncc(-c4ccc(=O)n(CCO)c4)n3)on2)cc1. The van der Waals surface area contributed by atoms with Crippen LogP contribution >= 0.6 is 0 Å². The van der Waals surface area contributed by atoms with Crippen LogP contribution in [0.2, 0.25) is 0 Å². The lowest BCUT2D eigenvalue weighted by Gasteiger charge is -2.06. The third kappa shape index (κ3) is 4.19. The molecule has 1 aromatic carbocycles. The van der Waals surface area contributed by atoms with Crippen molar-refractivity contribution in [2.45, 2.75) is 13.1 Å². The van der Waals surface area contributed by atoms with E-state index in [2.05, 4.69) is 20.4 Å². The van der Waals surface area contributed by atoms with Gasteiger partial charge in [0.05, 0.1) is 24.7 Å². The molecule has 4 rings (SSSR count). The van der Waals surface area contributed by atoms with Gasteiger partial charge in [0.25, 0.3) is 5.56 Å². The standard InChI is InChI=1S/C22H21N5O3/c1-23-11-15-2-4-16(5-3-15)18-10-21(30-26-18)20-13-24-12-19(25-20)17-6-7-22(29)27(14-17)8-9-28/h2-7,10,12-14,23,28H,8-9,11H2,1H3. The van der Waals surface area contributed by atoms with Crippen LogP contribution in [0.3, 0.4) is 0 Å². The molecule has 0 fully saturated rings. The Kier molecular flexibility index (Phi) is 5.78. The fraction of sp³-hybridized carbons (Fsp3) is 0.182. The second-order valence-corrected chi connectivity index (χ2v) is 6.77. The van der Waals surface area contributed by atoms with Crippen LogP contribution in [-0.4, -0.2) is 38.5 Å². The maximum atomic E-state index is 11.9. The van der Waals surface area contributed by atoms with Gasteiger partial charge in [-0.15, -0.1) is 0 Å². The van der Waals surface area contributed by atoms with Crippen molar-refractivity contribution in [1.82, 2.24) is 25.0 Å². The monoisotopic (exact) mass is 403 g/mol. The van der Waals surface area contributed by atoms with Crippen LogP contribution in [0.25, 0.3) is 34.0 Å². The number of nitrogens with zero attached hydrogens (tertiary/aromatic N) is 4. The molecule has 2 N–H and O–H groups in total. The highest BCUT2D eigenvalue weighted by molar-refractivity contribution is 5.66. The summed E-state index contributed by atoms with van der Waals surface area (Å²) in [5.41, 5.74) is 4.52. The van der Waals surface area contributed by atoms with Crippen molar-refractivity contribution < 1.29 is 9.63 Å². The van der Waals surface area contributed by atoms with Crippen LogP contribution < -0.4 is 10.9 Å². The van der Waals surface area contributed by atoms with E-state index in [1.165, 1.54) is 16.2 Å². The number of aliphatic hydroxyl groups is 1. The van der Waals surface area contributed by atoms with Crippen molar-refractivity contribution in [3.05, 3.63) is 77.0 Å². The van der Waals surface area contributed by atoms with Crippen molar-refractivity contribution in [2.75, 3.05) is 13.7 Å². The minimum Gasteiger partial charge on any atom is -0.395 e. The van der Waals surface area contributed by atoms with Crippen molar-refractivity contribution in [1.29, 1.82) is 0 Å². The van der Waals surface area contributed by atoms with Gasteiger partial charge in [0.1, 0.15) is 11.4 Å². The van der Waals surface area contributed by atoms with E-state index in [9.17, 15) is 4.79 Å². The molecule has 0 spiro atoms. The Hall–Kier alpha value is -3.62. The smallest absolute Gasteiger partial charge is 0.250 e. The van der Waals surface area contributed by atoms with E-state index < -0.39 is 0 Å². The lowest BCUT2D eigenvalue weighted by atomic mass is 10.1. The summed E-state index contributed by atoms with van der Waals surface area (Å²) in [5.74, 6) is 0.502. The molecule has 0 saturated heterocycles. The van der Waals surface area contributed by atoms with Crippen LogP contribution in [0.15, 0.2) is 70.4 Å². The first-order chi connectivity index (χ1) is 14.7. The highest BCUT2D eigenvalue weighted by atomic mass is 16.5. The number of aliphatic hydroxyl groups excluding tert-OH is 1. The molecule has 0 aliphatic carbocycles. The molecule has 3 heterocycles. The fourth-order valence-corrected chi connectivity index (χ4v) is 3.12. The molecule has 0 unspecified atom stereocenters. The van der Waals surface area contributed by atoms with Crippen molar-refractivity contribution in [2.24, 2.45) is 0 Å². The normalized spacial score (nSPS) is 11.0. The molecule has 0 aliphatic rings. The van der Waals surface area contributed by atoms with Crippen LogP contribution in [-0.2, 0) is 13.1 Å². The maximum absolute atomic E-state index is 11.9. The Morgan fingerprint density at radius 2 is 1.80 bits per heavy atom. The summed E-state index contributed by atoms with van der Waals surface area (Å²) in [4.78, 5) is 20.7. The van der Waals surface area contributed by atoms with Crippen molar-refractivity contribution >= 4 is 0 Å². The number of hydrogen-bond donors (Lipinski definition) is 2. The Labute approximate surface area is 172 Å². The maximum Gasteiger partial charge on any atom is 0.250 e. The van der Waals surface area contributed by atoms with Crippen molar-refractivity contribution in [3.8, 4) is 34.0 Å². The summed E-state index contributed by atoms with van der Waals surface area (Å²) >= 11 is 0. The minimum atomic E-state index is -0.183. The van der Waals surface area contributed by atoms with Crippen LogP contribution in [0, 0.1) is 0 Å². The van der Waals surface area contributed by atoms with Crippen LogP contribution in [0.5, 0.6) is 0 Å². The summed E-state index contributed by atoms with van der Waals surface area (Å²) < 4.78 is 6.94. The zero-order valence-electron chi connectivity index (χ0n) is 16.4. The number of aromatic nitrogens is 4. The number of hydrogen-bond acceptors (Lipinski definition) is 7. The molecule has 3 aromatic heterocycles. The van der Waals surface area contributed by atoms with E-state index in [0.717, 1.165) is 17.7 Å². The van der Waals surface area contributed by atoms with Gasteiger partial charge in [0, 0.05) is 42.5 Å². The number of pyridine rings is 1. The van der Waals surface area contributed by atoms with E-state index in [4.69, 9.17) is 9.63 Å². The Bertz CT molecular complexity index is 1200. The summed E-state index contributed by atoms with van der Waals surface area (Å²) in [5, 5.41) is 16.4. The molecular weight excluding hydrogens is 382 g/mol. The van der Waals surface area contributed by atoms with Crippen molar-refractivity contribution in [3.63, 3.8) is 0 Å². The predicted octanol–water partition coefficient (Wildman–Crippen LogP) is 2.34. The van der Waals surface area contributed by atoms with Gasteiger partial charge in [-0.05, 0) is 18.7 Å². The highest BCUT2D eigenvalue weighted by Gasteiger charge is 2.12. The minimum absolute atomic E-state index is 0.119. The predicted molar refractivity (Wildman–Crippen MR) is 113 cm³/mol. The zero-order chi connectivity index (χ0) is 20.9. The molecule has 0 bridgehead atoms. The van der Waals surface area contributed by atoms with E-state index in [1.54, 1.807) is 24.7 Å². The molecule has 8 nitrogen and oxygen atoms in total. The third-order valence-electron chi connectivity index (χ3n) is 4.65. The summed E-state index contributed by atoms with van der Waals surface area (Å²) in [6, 6.07) is 13.0. The number of benzene rings is 1. The van der Waals surface area contributed by atoms with Gasteiger partial charge in [0.2, 0.25) is 0 Å². The zero-order valence-corrected chi connectivity index (χ0v) is 16.4. The summed E-state index contributed by atoms with van der Waals surface area (Å²) in [6.07, 6.45) is 4.88. The topological polar surface area (TPSA) is 106 Å². The summed E-state index contributed by atoms with van der Waals surface area (Å²) in [7, 11) is 1.91. The van der Waals surface area contributed by atoms with E-state index in [0.29, 0.717) is 22.8 Å². The van der Waals surface area contributed by atoms with Crippen LogP contribution in [0.1, 0.15) is 5.56 Å². The van der Waals surface area contributed by atoms with Gasteiger partial charge in [-0.2, -0.15) is 0 Å². The largest absolute Gasteiger partial charge is 0.395 e. The second-order valence-electron chi connectivity index (χ2n) is 6.77. The molecule has 0 aliphatic heterocycles. The van der Waals surface area contributed by atoms with Gasteiger partial charge in [-0.3, -0.25) is 9.78 Å². The average molecular weight is 403 g/mol. The molecule has 0 radical (unpaired) electrons.